The lowest BCUT2D eigenvalue weighted by atomic mass is 10.1. The second-order valence-corrected chi connectivity index (χ2v) is 8.69. The van der Waals surface area contributed by atoms with Crippen LogP contribution in [0.5, 0.6) is 0 Å². The maximum Gasteiger partial charge on any atom is 0.277 e. The zero-order valence-electron chi connectivity index (χ0n) is 18.5. The van der Waals surface area contributed by atoms with Gasteiger partial charge < -0.3 is 10.2 Å². The molecule has 2 heterocycles. The number of amides is 1. The number of rotatable bonds is 6. The van der Waals surface area contributed by atoms with Crippen molar-refractivity contribution in [2.24, 2.45) is 7.05 Å². The van der Waals surface area contributed by atoms with Crippen LogP contribution in [0.1, 0.15) is 38.2 Å². The van der Waals surface area contributed by atoms with Crippen molar-refractivity contribution in [1.29, 1.82) is 0 Å². The van der Waals surface area contributed by atoms with Crippen LogP contribution in [0.15, 0.2) is 29.1 Å². The summed E-state index contributed by atoms with van der Waals surface area (Å²) in [5.74, 6) is -0.590. The first-order chi connectivity index (χ1) is 14.6. The van der Waals surface area contributed by atoms with Crippen LogP contribution in [0.4, 0.5) is 4.39 Å². The fourth-order valence-corrected chi connectivity index (χ4v) is 4.47. The summed E-state index contributed by atoms with van der Waals surface area (Å²) in [7, 11) is 5.35. The molecule has 7 nitrogen and oxygen atoms in total. The topological polar surface area (TPSA) is 80.1 Å². The van der Waals surface area contributed by atoms with Crippen molar-refractivity contribution < 1.29 is 9.18 Å². The number of hydrogen-bond acceptors (Lipinski definition) is 6. The van der Waals surface area contributed by atoms with Crippen LogP contribution >= 0.6 is 11.3 Å². The minimum atomic E-state index is -0.316. The van der Waals surface area contributed by atoms with E-state index in [9.17, 15) is 14.0 Å². The number of carbonyl (C=O) groups is 1. The molecule has 0 aliphatic rings. The summed E-state index contributed by atoms with van der Waals surface area (Å²) in [6, 6.07) is 6.16. The number of hydrogen-bond donors (Lipinski definition) is 1. The largest absolute Gasteiger partial charge is 0.349 e. The average Bonchev–Trinajstić information content (AvgIpc) is 3.08. The summed E-state index contributed by atoms with van der Waals surface area (Å²) in [6.45, 7) is 5.71. The highest BCUT2D eigenvalue weighted by molar-refractivity contribution is 7.17. The van der Waals surface area contributed by atoms with Gasteiger partial charge in [-0.3, -0.25) is 9.59 Å². The molecule has 1 N–H and O–H groups in total. The van der Waals surface area contributed by atoms with Crippen LogP contribution in [0.3, 0.4) is 0 Å². The van der Waals surface area contributed by atoms with Gasteiger partial charge in [0.05, 0.1) is 23.0 Å². The van der Waals surface area contributed by atoms with Crippen molar-refractivity contribution in [3.8, 4) is 10.6 Å². The maximum absolute atomic E-state index is 13.6. The number of nitrogens with zero attached hydrogens (tertiary/aromatic N) is 4. The van der Waals surface area contributed by atoms with Crippen molar-refractivity contribution in [3.05, 3.63) is 67.8 Å². The number of aryl methyl sites for hydroxylation is 3. The van der Waals surface area contributed by atoms with Crippen LogP contribution in [0.2, 0.25) is 0 Å². The van der Waals surface area contributed by atoms with Gasteiger partial charge in [0.1, 0.15) is 15.7 Å². The lowest BCUT2D eigenvalue weighted by Crippen LogP contribution is -2.34. The molecule has 0 aliphatic carbocycles. The molecule has 1 atom stereocenters. The quantitative estimate of drug-likeness (QED) is 0.634. The molecule has 1 aromatic carbocycles. The predicted molar refractivity (Wildman–Crippen MR) is 120 cm³/mol. The Kier molecular flexibility index (Phi) is 6.66. The fraction of sp³-hybridized carbons (Fsp3) is 0.364. The Morgan fingerprint density at radius 2 is 1.97 bits per heavy atom. The maximum atomic E-state index is 13.6. The van der Waals surface area contributed by atoms with E-state index in [4.69, 9.17) is 0 Å². The Morgan fingerprint density at radius 1 is 1.26 bits per heavy atom. The molecular weight excluding hydrogens is 417 g/mol. The molecule has 3 aromatic rings. The number of nitrogens with one attached hydrogen (secondary N) is 1. The second kappa shape index (κ2) is 9.07. The molecule has 1 amide bonds. The minimum absolute atomic E-state index is 0.190. The van der Waals surface area contributed by atoms with E-state index >= 15 is 0 Å². The summed E-state index contributed by atoms with van der Waals surface area (Å²) in [5, 5.41) is 7.62. The van der Waals surface area contributed by atoms with E-state index in [0.717, 1.165) is 16.8 Å². The Labute approximate surface area is 184 Å². The number of thiazole rings is 1. The first-order valence-corrected chi connectivity index (χ1v) is 10.6. The van der Waals surface area contributed by atoms with Crippen molar-refractivity contribution in [2.75, 3.05) is 20.6 Å². The van der Waals surface area contributed by atoms with Gasteiger partial charge in [0.2, 0.25) is 0 Å². The zero-order chi connectivity index (χ0) is 22.9. The van der Waals surface area contributed by atoms with Crippen molar-refractivity contribution in [1.82, 2.24) is 25.0 Å². The zero-order valence-corrected chi connectivity index (χ0v) is 19.3. The van der Waals surface area contributed by atoms with E-state index in [0.29, 0.717) is 27.7 Å². The monoisotopic (exact) mass is 443 g/mol. The first kappa shape index (κ1) is 22.8. The highest BCUT2D eigenvalue weighted by Crippen LogP contribution is 2.29. The SMILES string of the molecule is Cc1nc(-c2c(C)c(C)nn(C)c2=O)sc1C(=O)NC[C@@H](c1cccc(F)c1)N(C)C. The molecule has 0 aliphatic heterocycles. The minimum Gasteiger partial charge on any atom is -0.349 e. The van der Waals surface area contributed by atoms with Gasteiger partial charge in [-0.15, -0.1) is 11.3 Å². The van der Waals surface area contributed by atoms with E-state index < -0.39 is 0 Å². The highest BCUT2D eigenvalue weighted by Gasteiger charge is 2.22. The highest BCUT2D eigenvalue weighted by atomic mass is 32.1. The van der Waals surface area contributed by atoms with Gasteiger partial charge in [-0.05, 0) is 58.1 Å². The van der Waals surface area contributed by atoms with E-state index in [-0.39, 0.29) is 23.3 Å². The van der Waals surface area contributed by atoms with Gasteiger partial charge in [-0.25, -0.2) is 14.1 Å². The molecule has 164 valence electrons. The first-order valence-electron chi connectivity index (χ1n) is 9.82. The van der Waals surface area contributed by atoms with Gasteiger partial charge in [0.25, 0.3) is 11.5 Å². The molecule has 0 saturated carbocycles. The van der Waals surface area contributed by atoms with E-state index in [1.54, 1.807) is 20.0 Å². The molecule has 31 heavy (non-hydrogen) atoms. The molecule has 0 bridgehead atoms. The van der Waals surface area contributed by atoms with Gasteiger partial charge >= 0.3 is 0 Å². The summed E-state index contributed by atoms with van der Waals surface area (Å²) in [5.41, 5.74) is 3.04. The number of likely N-dealkylation sites (N-methyl/N-ethyl adjacent to an activating group) is 1. The standard InChI is InChI=1S/C22H26FN5O2S/c1-12-13(2)26-28(6)22(30)18(12)21-25-14(3)19(31-21)20(29)24-11-17(27(4)5)15-8-7-9-16(23)10-15/h7-10,17H,11H2,1-6H3,(H,24,29)/t17-/m0/s1. The van der Waals surface area contributed by atoms with E-state index in [1.165, 1.54) is 28.2 Å². The van der Waals surface area contributed by atoms with Crippen LogP contribution in [-0.2, 0) is 7.05 Å². The molecule has 3 rings (SSSR count). The van der Waals surface area contributed by atoms with Crippen molar-refractivity contribution in [3.63, 3.8) is 0 Å². The molecule has 0 saturated heterocycles. The fourth-order valence-electron chi connectivity index (χ4n) is 3.40. The van der Waals surface area contributed by atoms with E-state index in [2.05, 4.69) is 15.4 Å². The Morgan fingerprint density at radius 3 is 2.61 bits per heavy atom. The van der Waals surface area contributed by atoms with Crippen LogP contribution in [0.25, 0.3) is 10.6 Å². The molecule has 9 heteroatoms. The predicted octanol–water partition coefficient (Wildman–Crippen LogP) is 3.00. The van der Waals surface area contributed by atoms with Gasteiger partial charge in [-0.2, -0.15) is 5.10 Å². The Balaban J connectivity index is 1.86. The van der Waals surface area contributed by atoms with Crippen LogP contribution < -0.4 is 10.9 Å². The molecule has 0 fully saturated rings. The van der Waals surface area contributed by atoms with E-state index in [1.807, 2.05) is 38.9 Å². The molecular formula is C22H26FN5O2S. The average molecular weight is 444 g/mol. The summed E-state index contributed by atoms with van der Waals surface area (Å²) in [4.78, 5) is 32.4. The molecule has 0 unspecified atom stereocenters. The third-order valence-electron chi connectivity index (χ3n) is 5.25. The number of benzene rings is 1. The molecule has 0 radical (unpaired) electrons. The lowest BCUT2D eigenvalue weighted by molar-refractivity contribution is 0.0945. The summed E-state index contributed by atoms with van der Waals surface area (Å²) < 4.78 is 14.9. The third-order valence-corrected chi connectivity index (χ3v) is 6.43. The molecule has 2 aromatic heterocycles. The number of aromatic nitrogens is 3. The number of halogens is 1. The summed E-state index contributed by atoms with van der Waals surface area (Å²) in [6.07, 6.45) is 0. The lowest BCUT2D eigenvalue weighted by Gasteiger charge is -2.25. The van der Waals surface area contributed by atoms with Gasteiger partial charge in [0, 0.05) is 13.6 Å². The van der Waals surface area contributed by atoms with Crippen LogP contribution in [-0.4, -0.2) is 46.2 Å². The van der Waals surface area contributed by atoms with Gasteiger partial charge in [-0.1, -0.05) is 12.1 Å². The normalized spacial score (nSPS) is 12.3. The summed E-state index contributed by atoms with van der Waals surface area (Å²) >= 11 is 1.19. The third kappa shape index (κ3) is 4.72. The second-order valence-electron chi connectivity index (χ2n) is 7.69. The van der Waals surface area contributed by atoms with Crippen LogP contribution in [0, 0.1) is 26.6 Å². The molecule has 0 spiro atoms. The van der Waals surface area contributed by atoms with Gasteiger partial charge in [0.15, 0.2) is 0 Å². The smallest absolute Gasteiger partial charge is 0.277 e. The number of carbonyl (C=O) groups excluding carboxylic acids is 1. The Bertz CT molecular complexity index is 1190. The Hall–Kier alpha value is -2.91. The van der Waals surface area contributed by atoms with Crippen molar-refractivity contribution >= 4 is 17.2 Å². The van der Waals surface area contributed by atoms with Crippen molar-refractivity contribution in [2.45, 2.75) is 26.8 Å².